The molecule has 0 amide bonds. The largest absolute Gasteiger partial charge is 0.388 e. The average molecular weight is 263 g/mol. The van der Waals surface area contributed by atoms with Gasteiger partial charge in [0.25, 0.3) is 0 Å². The Labute approximate surface area is 110 Å². The number of nitrogens with zero attached hydrogens (tertiary/aromatic N) is 1. The highest BCUT2D eigenvalue weighted by atomic mass is 19.2. The molecule has 0 saturated heterocycles. The molecule has 100 valence electrons. The molecule has 0 spiro atoms. The lowest BCUT2D eigenvalue weighted by Crippen LogP contribution is -2.07. The topological polar surface area (TPSA) is 33.1 Å². The van der Waals surface area contributed by atoms with Gasteiger partial charge in [-0.1, -0.05) is 18.2 Å². The first-order chi connectivity index (χ1) is 8.99. The van der Waals surface area contributed by atoms with Crippen LogP contribution in [0.2, 0.25) is 0 Å². The second kappa shape index (κ2) is 5.45. The van der Waals surface area contributed by atoms with E-state index in [4.69, 9.17) is 0 Å². The molecule has 0 saturated carbocycles. The van der Waals surface area contributed by atoms with Gasteiger partial charge in [0.1, 0.15) is 0 Å². The summed E-state index contributed by atoms with van der Waals surface area (Å²) in [6.07, 6.45) is -0.876. The Kier molecular flexibility index (Phi) is 3.90. The van der Waals surface area contributed by atoms with Crippen molar-refractivity contribution < 1.29 is 13.9 Å². The number of halogens is 2. The van der Waals surface area contributed by atoms with E-state index in [-0.39, 0.29) is 12.0 Å². The number of pyridine rings is 1. The summed E-state index contributed by atoms with van der Waals surface area (Å²) in [5.41, 5.74) is 2.34. The highest BCUT2D eigenvalue weighted by Crippen LogP contribution is 2.23. The summed E-state index contributed by atoms with van der Waals surface area (Å²) < 4.78 is 26.6. The first kappa shape index (κ1) is 13.6. The number of aliphatic hydroxyl groups is 1. The lowest BCUT2D eigenvalue weighted by molar-refractivity contribution is 0.175. The van der Waals surface area contributed by atoms with Crippen molar-refractivity contribution in [1.29, 1.82) is 0 Å². The number of aliphatic hydroxyl groups excluding tert-OH is 1. The van der Waals surface area contributed by atoms with Gasteiger partial charge in [0.15, 0.2) is 11.6 Å². The summed E-state index contributed by atoms with van der Waals surface area (Å²) in [4.78, 5) is 4.25. The van der Waals surface area contributed by atoms with E-state index in [1.165, 1.54) is 12.1 Å². The molecule has 1 N–H and O–H groups in total. The summed E-state index contributed by atoms with van der Waals surface area (Å²) in [6.45, 7) is 3.64. The molecule has 1 aromatic heterocycles. The van der Waals surface area contributed by atoms with Gasteiger partial charge < -0.3 is 5.11 Å². The Morgan fingerprint density at radius 3 is 2.58 bits per heavy atom. The van der Waals surface area contributed by atoms with E-state index in [1.807, 2.05) is 6.92 Å². The van der Waals surface area contributed by atoms with E-state index in [9.17, 15) is 13.9 Å². The quantitative estimate of drug-likeness (QED) is 0.922. The molecule has 0 aliphatic carbocycles. The fraction of sp³-hybridized carbons (Fsp3) is 0.267. The molecular weight excluding hydrogens is 248 g/mol. The second-order valence-electron chi connectivity index (χ2n) is 4.56. The Balaban J connectivity index is 2.25. The first-order valence-corrected chi connectivity index (χ1v) is 6.04. The molecule has 0 aliphatic rings. The maximum absolute atomic E-state index is 13.5. The molecule has 0 bridgehead atoms. The second-order valence-corrected chi connectivity index (χ2v) is 4.56. The third-order valence-electron chi connectivity index (χ3n) is 3.07. The standard InChI is InChI=1S/C15H15F2NO/c1-9-6-7-12(10(2)18-9)14(19)8-11-4-3-5-13(16)15(11)17/h3-7,14,19H,8H2,1-2H3. The van der Waals surface area contributed by atoms with Crippen LogP contribution in [0, 0.1) is 25.5 Å². The number of rotatable bonds is 3. The van der Waals surface area contributed by atoms with Crippen molar-refractivity contribution in [2.24, 2.45) is 0 Å². The fourth-order valence-electron chi connectivity index (χ4n) is 2.07. The van der Waals surface area contributed by atoms with Crippen LogP contribution in [-0.2, 0) is 6.42 Å². The van der Waals surface area contributed by atoms with Crippen LogP contribution in [0.15, 0.2) is 30.3 Å². The zero-order valence-electron chi connectivity index (χ0n) is 10.8. The summed E-state index contributed by atoms with van der Waals surface area (Å²) in [5, 5.41) is 10.1. The van der Waals surface area contributed by atoms with Crippen molar-refractivity contribution >= 4 is 0 Å². The Hall–Kier alpha value is -1.81. The van der Waals surface area contributed by atoms with Gasteiger partial charge in [0.05, 0.1) is 6.10 Å². The lowest BCUT2D eigenvalue weighted by Gasteiger charge is -2.14. The molecule has 2 nitrogen and oxygen atoms in total. The van der Waals surface area contributed by atoms with Crippen molar-refractivity contribution in [3.8, 4) is 0 Å². The number of benzene rings is 1. The van der Waals surface area contributed by atoms with Crippen LogP contribution in [0.1, 0.15) is 28.6 Å². The van der Waals surface area contributed by atoms with E-state index in [1.54, 1.807) is 19.1 Å². The fourth-order valence-corrected chi connectivity index (χ4v) is 2.07. The van der Waals surface area contributed by atoms with E-state index in [0.717, 1.165) is 11.8 Å². The van der Waals surface area contributed by atoms with Gasteiger partial charge in [-0.2, -0.15) is 0 Å². The molecule has 0 aliphatic heterocycles. The number of aryl methyl sites for hydroxylation is 2. The van der Waals surface area contributed by atoms with Crippen LogP contribution < -0.4 is 0 Å². The molecular formula is C15H15F2NO. The van der Waals surface area contributed by atoms with E-state index < -0.39 is 17.7 Å². The van der Waals surface area contributed by atoms with Gasteiger partial charge in [-0.15, -0.1) is 0 Å². The highest BCUT2D eigenvalue weighted by Gasteiger charge is 2.16. The average Bonchev–Trinajstić information content (AvgIpc) is 2.34. The summed E-state index contributed by atoms with van der Waals surface area (Å²) in [6, 6.07) is 7.51. The van der Waals surface area contributed by atoms with Gasteiger partial charge in [-0.3, -0.25) is 4.98 Å². The summed E-state index contributed by atoms with van der Waals surface area (Å²) in [7, 11) is 0. The van der Waals surface area contributed by atoms with E-state index in [2.05, 4.69) is 4.98 Å². The molecule has 0 fully saturated rings. The van der Waals surface area contributed by atoms with E-state index in [0.29, 0.717) is 11.3 Å². The minimum absolute atomic E-state index is 0.0230. The Morgan fingerprint density at radius 2 is 1.89 bits per heavy atom. The van der Waals surface area contributed by atoms with E-state index >= 15 is 0 Å². The van der Waals surface area contributed by atoms with Crippen LogP contribution in [0.5, 0.6) is 0 Å². The van der Waals surface area contributed by atoms with Crippen LogP contribution in [0.3, 0.4) is 0 Å². The van der Waals surface area contributed by atoms with Gasteiger partial charge in [0, 0.05) is 23.4 Å². The van der Waals surface area contributed by atoms with Crippen molar-refractivity contribution in [1.82, 2.24) is 4.98 Å². The van der Waals surface area contributed by atoms with Crippen molar-refractivity contribution in [2.45, 2.75) is 26.4 Å². The van der Waals surface area contributed by atoms with Crippen molar-refractivity contribution in [3.05, 3.63) is 64.5 Å². The number of hydrogen-bond acceptors (Lipinski definition) is 2. The minimum Gasteiger partial charge on any atom is -0.388 e. The van der Waals surface area contributed by atoms with Crippen LogP contribution in [0.4, 0.5) is 8.78 Å². The van der Waals surface area contributed by atoms with Crippen LogP contribution in [0.25, 0.3) is 0 Å². The van der Waals surface area contributed by atoms with Gasteiger partial charge in [-0.25, -0.2) is 8.78 Å². The minimum atomic E-state index is -0.903. The number of aromatic nitrogens is 1. The molecule has 4 heteroatoms. The molecule has 1 aromatic carbocycles. The van der Waals surface area contributed by atoms with Crippen LogP contribution in [-0.4, -0.2) is 10.1 Å². The predicted octanol–water partition coefficient (Wildman–Crippen LogP) is 3.25. The zero-order chi connectivity index (χ0) is 14.0. The Bertz CT molecular complexity index is 599. The predicted molar refractivity (Wildman–Crippen MR) is 68.7 cm³/mol. The summed E-state index contributed by atoms with van der Waals surface area (Å²) >= 11 is 0. The molecule has 2 aromatic rings. The third-order valence-corrected chi connectivity index (χ3v) is 3.07. The lowest BCUT2D eigenvalue weighted by atomic mass is 9.99. The Morgan fingerprint density at radius 1 is 1.16 bits per heavy atom. The highest BCUT2D eigenvalue weighted by molar-refractivity contribution is 5.27. The molecule has 2 rings (SSSR count). The maximum atomic E-state index is 13.5. The molecule has 0 radical (unpaired) electrons. The number of hydrogen-bond donors (Lipinski definition) is 1. The molecule has 1 unspecified atom stereocenters. The monoisotopic (exact) mass is 263 g/mol. The summed E-state index contributed by atoms with van der Waals surface area (Å²) in [5.74, 6) is -1.80. The molecule has 19 heavy (non-hydrogen) atoms. The first-order valence-electron chi connectivity index (χ1n) is 6.04. The smallest absolute Gasteiger partial charge is 0.162 e. The van der Waals surface area contributed by atoms with Gasteiger partial charge >= 0.3 is 0 Å². The molecule has 1 heterocycles. The SMILES string of the molecule is Cc1ccc(C(O)Cc2cccc(F)c2F)c(C)n1. The van der Waals surface area contributed by atoms with Crippen molar-refractivity contribution in [2.75, 3.05) is 0 Å². The molecule has 1 atom stereocenters. The van der Waals surface area contributed by atoms with Crippen LogP contribution >= 0.6 is 0 Å². The van der Waals surface area contributed by atoms with Gasteiger partial charge in [-0.05, 0) is 31.5 Å². The zero-order valence-corrected chi connectivity index (χ0v) is 10.8. The normalized spacial score (nSPS) is 12.5. The third kappa shape index (κ3) is 2.96. The maximum Gasteiger partial charge on any atom is 0.162 e. The van der Waals surface area contributed by atoms with Crippen molar-refractivity contribution in [3.63, 3.8) is 0 Å². The van der Waals surface area contributed by atoms with Gasteiger partial charge in [0.2, 0.25) is 0 Å².